The molecule has 0 saturated carbocycles. The van der Waals surface area contributed by atoms with Crippen LogP contribution in [0.1, 0.15) is 5.69 Å². The zero-order chi connectivity index (χ0) is 17.8. The molecule has 1 heterocycles. The highest BCUT2D eigenvalue weighted by atomic mass is 35.5. The number of carbonyl (C=O) groups is 1. The van der Waals surface area contributed by atoms with Crippen LogP contribution in [-0.2, 0) is 11.2 Å². The average molecular weight is 393 g/mol. The molecule has 0 aliphatic heterocycles. The van der Waals surface area contributed by atoms with Crippen LogP contribution in [0.15, 0.2) is 47.8 Å². The number of hydrogen-bond acceptors (Lipinski definition) is 4. The minimum atomic E-state index is -0.146. The van der Waals surface area contributed by atoms with Crippen molar-refractivity contribution < 1.29 is 9.53 Å². The maximum Gasteiger partial charge on any atom is 0.230 e. The third-order valence-corrected chi connectivity index (χ3v) is 4.98. The van der Waals surface area contributed by atoms with Crippen molar-refractivity contribution in [3.05, 3.63) is 63.6 Å². The topological polar surface area (TPSA) is 51.2 Å². The summed E-state index contributed by atoms with van der Waals surface area (Å²) < 4.78 is 5.09. The van der Waals surface area contributed by atoms with Crippen molar-refractivity contribution in [3.63, 3.8) is 0 Å². The smallest absolute Gasteiger partial charge is 0.230 e. The second-order valence-corrected chi connectivity index (χ2v) is 6.87. The zero-order valence-corrected chi connectivity index (χ0v) is 15.6. The SMILES string of the molecule is COc1ccc(NC(=O)Cc2csc(-c3c(Cl)cccc3Cl)n2)cc1. The third-order valence-electron chi connectivity index (χ3n) is 3.44. The van der Waals surface area contributed by atoms with Gasteiger partial charge in [-0.15, -0.1) is 11.3 Å². The number of ether oxygens (including phenoxy) is 1. The maximum absolute atomic E-state index is 12.2. The molecule has 0 aliphatic rings. The van der Waals surface area contributed by atoms with Crippen LogP contribution in [0.2, 0.25) is 10.0 Å². The number of methoxy groups -OCH3 is 1. The van der Waals surface area contributed by atoms with E-state index in [9.17, 15) is 4.79 Å². The van der Waals surface area contributed by atoms with E-state index in [0.717, 1.165) is 5.75 Å². The fraction of sp³-hybridized carbons (Fsp3) is 0.111. The highest BCUT2D eigenvalue weighted by Crippen LogP contribution is 2.36. The number of aromatic nitrogens is 1. The Morgan fingerprint density at radius 3 is 2.48 bits per heavy atom. The number of amides is 1. The predicted octanol–water partition coefficient (Wildman–Crippen LogP) is 5.31. The zero-order valence-electron chi connectivity index (χ0n) is 13.3. The number of hydrogen-bond donors (Lipinski definition) is 1. The number of halogens is 2. The van der Waals surface area contributed by atoms with Crippen LogP contribution in [0.3, 0.4) is 0 Å². The normalized spacial score (nSPS) is 10.5. The van der Waals surface area contributed by atoms with E-state index in [-0.39, 0.29) is 12.3 Å². The molecular formula is C18H14Cl2N2O2S. The molecule has 0 unspecified atom stereocenters. The summed E-state index contributed by atoms with van der Waals surface area (Å²) in [6, 6.07) is 12.5. The fourth-order valence-corrected chi connectivity index (χ4v) is 3.83. The van der Waals surface area contributed by atoms with Gasteiger partial charge in [0, 0.05) is 16.6 Å². The summed E-state index contributed by atoms with van der Waals surface area (Å²) in [7, 11) is 1.60. The molecule has 128 valence electrons. The van der Waals surface area contributed by atoms with Crippen LogP contribution in [0.25, 0.3) is 10.6 Å². The van der Waals surface area contributed by atoms with Crippen molar-refractivity contribution in [2.24, 2.45) is 0 Å². The molecule has 3 rings (SSSR count). The summed E-state index contributed by atoms with van der Waals surface area (Å²) in [4.78, 5) is 16.7. The maximum atomic E-state index is 12.2. The molecular weight excluding hydrogens is 379 g/mol. The molecule has 3 aromatic rings. The third kappa shape index (κ3) is 4.31. The molecule has 0 saturated heterocycles. The van der Waals surface area contributed by atoms with E-state index < -0.39 is 0 Å². The van der Waals surface area contributed by atoms with Crippen LogP contribution in [0.5, 0.6) is 5.75 Å². The Morgan fingerprint density at radius 1 is 1.16 bits per heavy atom. The molecule has 0 radical (unpaired) electrons. The first-order valence-electron chi connectivity index (χ1n) is 7.39. The van der Waals surface area contributed by atoms with E-state index in [0.29, 0.717) is 32.0 Å². The molecule has 7 heteroatoms. The van der Waals surface area contributed by atoms with Crippen molar-refractivity contribution in [2.45, 2.75) is 6.42 Å². The molecule has 0 bridgehead atoms. The van der Waals surface area contributed by atoms with E-state index >= 15 is 0 Å². The van der Waals surface area contributed by atoms with E-state index in [1.807, 2.05) is 5.38 Å². The Kier molecular flexibility index (Phi) is 5.58. The number of nitrogens with one attached hydrogen (secondary N) is 1. The minimum Gasteiger partial charge on any atom is -0.497 e. The van der Waals surface area contributed by atoms with Crippen LogP contribution < -0.4 is 10.1 Å². The lowest BCUT2D eigenvalue weighted by atomic mass is 10.2. The molecule has 4 nitrogen and oxygen atoms in total. The van der Waals surface area contributed by atoms with Crippen molar-refractivity contribution in [3.8, 4) is 16.3 Å². The van der Waals surface area contributed by atoms with E-state index in [1.54, 1.807) is 49.6 Å². The Labute approximate surface area is 159 Å². The van der Waals surface area contributed by atoms with Crippen LogP contribution in [-0.4, -0.2) is 18.0 Å². The lowest BCUT2D eigenvalue weighted by molar-refractivity contribution is -0.115. The minimum absolute atomic E-state index is 0.146. The first kappa shape index (κ1) is 17.7. The molecule has 0 atom stereocenters. The Balaban J connectivity index is 1.69. The van der Waals surface area contributed by atoms with E-state index in [4.69, 9.17) is 27.9 Å². The number of rotatable bonds is 5. The molecule has 0 aliphatic carbocycles. The Hall–Kier alpha value is -2.08. The van der Waals surface area contributed by atoms with Gasteiger partial charge in [-0.25, -0.2) is 4.98 Å². The van der Waals surface area contributed by atoms with Gasteiger partial charge in [0.25, 0.3) is 0 Å². The van der Waals surface area contributed by atoms with Crippen molar-refractivity contribution in [1.29, 1.82) is 0 Å². The summed E-state index contributed by atoms with van der Waals surface area (Å²) in [6.45, 7) is 0. The first-order chi connectivity index (χ1) is 12.1. The average Bonchev–Trinajstić information content (AvgIpc) is 3.03. The second-order valence-electron chi connectivity index (χ2n) is 5.19. The summed E-state index contributed by atoms with van der Waals surface area (Å²) in [6.07, 6.45) is 0.171. The number of anilines is 1. The molecule has 1 N–H and O–H groups in total. The van der Waals surface area contributed by atoms with Gasteiger partial charge in [0.1, 0.15) is 10.8 Å². The number of thiazole rings is 1. The molecule has 0 spiro atoms. The van der Waals surface area contributed by atoms with Gasteiger partial charge in [-0.1, -0.05) is 29.3 Å². The van der Waals surface area contributed by atoms with Gasteiger partial charge in [-0.2, -0.15) is 0 Å². The van der Waals surface area contributed by atoms with Crippen molar-refractivity contribution >= 4 is 46.1 Å². The number of carbonyl (C=O) groups excluding carboxylic acids is 1. The van der Waals surface area contributed by atoms with Gasteiger partial charge in [0.05, 0.1) is 29.3 Å². The largest absolute Gasteiger partial charge is 0.497 e. The van der Waals surface area contributed by atoms with Crippen molar-refractivity contribution in [2.75, 3.05) is 12.4 Å². The highest BCUT2D eigenvalue weighted by molar-refractivity contribution is 7.13. The standard InChI is InChI=1S/C18H14Cl2N2O2S/c1-24-13-7-5-11(6-8-13)21-16(23)9-12-10-25-18(22-12)17-14(19)3-2-4-15(17)20/h2-8,10H,9H2,1H3,(H,21,23). The lowest BCUT2D eigenvalue weighted by Gasteiger charge is -2.05. The lowest BCUT2D eigenvalue weighted by Crippen LogP contribution is -2.14. The Bertz CT molecular complexity index is 874. The van der Waals surface area contributed by atoms with Gasteiger partial charge in [-0.05, 0) is 36.4 Å². The van der Waals surface area contributed by atoms with Crippen molar-refractivity contribution in [1.82, 2.24) is 4.98 Å². The van der Waals surface area contributed by atoms with Gasteiger partial charge in [0.2, 0.25) is 5.91 Å². The summed E-state index contributed by atoms with van der Waals surface area (Å²) in [5, 5.41) is 6.44. The number of nitrogens with zero attached hydrogens (tertiary/aromatic N) is 1. The first-order valence-corrected chi connectivity index (χ1v) is 9.03. The predicted molar refractivity (Wildman–Crippen MR) is 103 cm³/mol. The molecule has 1 aromatic heterocycles. The van der Waals surface area contributed by atoms with Gasteiger partial charge in [0.15, 0.2) is 0 Å². The van der Waals surface area contributed by atoms with Crippen LogP contribution in [0.4, 0.5) is 5.69 Å². The summed E-state index contributed by atoms with van der Waals surface area (Å²) in [5.74, 6) is 0.589. The van der Waals surface area contributed by atoms with Gasteiger partial charge >= 0.3 is 0 Å². The van der Waals surface area contributed by atoms with Crippen LogP contribution in [0, 0.1) is 0 Å². The van der Waals surface area contributed by atoms with Crippen LogP contribution >= 0.6 is 34.5 Å². The monoisotopic (exact) mass is 392 g/mol. The second kappa shape index (κ2) is 7.87. The summed E-state index contributed by atoms with van der Waals surface area (Å²) in [5.41, 5.74) is 2.06. The quantitative estimate of drug-likeness (QED) is 0.640. The Morgan fingerprint density at radius 2 is 1.84 bits per heavy atom. The van der Waals surface area contributed by atoms with Gasteiger partial charge < -0.3 is 10.1 Å². The van der Waals surface area contributed by atoms with E-state index in [2.05, 4.69) is 10.3 Å². The highest BCUT2D eigenvalue weighted by Gasteiger charge is 2.14. The van der Waals surface area contributed by atoms with E-state index in [1.165, 1.54) is 11.3 Å². The molecule has 1 amide bonds. The molecule has 0 fully saturated rings. The summed E-state index contributed by atoms with van der Waals surface area (Å²) >= 11 is 13.8. The fourth-order valence-electron chi connectivity index (χ4n) is 2.25. The number of benzene rings is 2. The molecule has 25 heavy (non-hydrogen) atoms. The molecule has 2 aromatic carbocycles. The van der Waals surface area contributed by atoms with Gasteiger partial charge in [-0.3, -0.25) is 4.79 Å².